The molecule has 2 atom stereocenters. The van der Waals surface area contributed by atoms with Crippen LogP contribution in [0.2, 0.25) is 0 Å². The molecule has 2 N–H and O–H groups in total. The van der Waals surface area contributed by atoms with Crippen LogP contribution in [0, 0.1) is 5.92 Å². The second kappa shape index (κ2) is 6.98. The highest BCUT2D eigenvalue weighted by molar-refractivity contribution is 9.09. The molecule has 0 aromatic carbocycles. The molecule has 0 radical (unpaired) electrons. The van der Waals surface area contributed by atoms with Crippen LogP contribution in [0.15, 0.2) is 23.8 Å². The van der Waals surface area contributed by atoms with Gasteiger partial charge in [0.2, 0.25) is 0 Å². The third-order valence-electron chi connectivity index (χ3n) is 3.24. The molecule has 0 aliphatic carbocycles. The Labute approximate surface area is 116 Å². The summed E-state index contributed by atoms with van der Waals surface area (Å²) >= 11 is 2.76. The van der Waals surface area contributed by atoms with Gasteiger partial charge in [0, 0.05) is 18.3 Å². The van der Waals surface area contributed by atoms with Crippen molar-refractivity contribution < 1.29 is 4.55 Å². The molecule has 0 spiro atoms. The summed E-state index contributed by atoms with van der Waals surface area (Å²) in [4.78, 5) is 0. The number of alkyl halides is 1. The van der Waals surface area contributed by atoms with Crippen LogP contribution in [0.3, 0.4) is 0 Å². The number of hydrogen-bond acceptors (Lipinski definition) is 2. The summed E-state index contributed by atoms with van der Waals surface area (Å²) in [5, 5.41) is 0.858. The number of rotatable bonds is 4. The Bertz CT molecular complexity index is 302. The summed E-state index contributed by atoms with van der Waals surface area (Å²) < 4.78 is 11.8. The molecular weight excluding hydrogens is 298 g/mol. The van der Waals surface area contributed by atoms with Crippen molar-refractivity contribution in [3.05, 3.63) is 23.8 Å². The molecule has 0 bridgehead atoms. The first-order valence-corrected chi connectivity index (χ1v) is 8.46. The first kappa shape index (κ1) is 15.3. The van der Waals surface area contributed by atoms with E-state index in [1.54, 1.807) is 0 Å². The average Bonchev–Trinajstić information content (AvgIpc) is 2.28. The van der Waals surface area contributed by atoms with Crippen molar-refractivity contribution in [2.45, 2.75) is 31.4 Å². The first-order valence-electron chi connectivity index (χ1n) is 6.02. The molecule has 4 heteroatoms. The predicted octanol–water partition coefficient (Wildman–Crippen LogP) is 2.76. The van der Waals surface area contributed by atoms with Crippen molar-refractivity contribution in [1.29, 1.82) is 0 Å². The number of nitrogens with two attached hydrogens (primary N) is 1. The maximum absolute atomic E-state index is 11.9. The molecule has 1 rings (SSSR count). The maximum atomic E-state index is 11.9. The third-order valence-corrected chi connectivity index (χ3v) is 5.57. The van der Waals surface area contributed by atoms with Gasteiger partial charge in [0.1, 0.15) is 10.5 Å². The zero-order chi connectivity index (χ0) is 12.9. The minimum atomic E-state index is -0.685. The normalized spacial score (nSPS) is 29.8. The molecule has 1 saturated heterocycles. The van der Waals surface area contributed by atoms with Gasteiger partial charge in [0.25, 0.3) is 0 Å². The van der Waals surface area contributed by atoms with Gasteiger partial charge < -0.3 is 10.3 Å². The van der Waals surface area contributed by atoms with Crippen molar-refractivity contribution in [2.75, 3.05) is 17.6 Å². The van der Waals surface area contributed by atoms with E-state index in [-0.39, 0.29) is 4.75 Å². The predicted molar refractivity (Wildman–Crippen MR) is 79.9 cm³/mol. The molecule has 0 saturated carbocycles. The second-order valence-electron chi connectivity index (χ2n) is 5.00. The Morgan fingerprint density at radius 3 is 2.82 bits per heavy atom. The average molecular weight is 320 g/mol. The molecule has 98 valence electrons. The standard InChI is InChI=1S/C13H22BrNOS/c1-13(2)10-12(6-9-17(13)16)11(5-7-14)4-3-8-15/h3-5,12H,6-10,15H2,1-2H3/b4-3-,11-5+. The van der Waals surface area contributed by atoms with Gasteiger partial charge in [-0.1, -0.05) is 34.2 Å². The van der Waals surface area contributed by atoms with Crippen LogP contribution in [0.25, 0.3) is 0 Å². The van der Waals surface area contributed by atoms with Crippen LogP contribution in [0.1, 0.15) is 26.7 Å². The van der Waals surface area contributed by atoms with E-state index in [1.807, 2.05) is 6.08 Å². The van der Waals surface area contributed by atoms with E-state index in [2.05, 4.69) is 41.9 Å². The number of hydrogen-bond donors (Lipinski definition) is 1. The monoisotopic (exact) mass is 319 g/mol. The molecule has 1 fully saturated rings. The zero-order valence-electron chi connectivity index (χ0n) is 10.6. The fraction of sp³-hybridized carbons (Fsp3) is 0.692. The van der Waals surface area contributed by atoms with Crippen LogP contribution < -0.4 is 5.73 Å². The lowest BCUT2D eigenvalue weighted by molar-refractivity contribution is 0.422. The van der Waals surface area contributed by atoms with E-state index in [9.17, 15) is 4.55 Å². The zero-order valence-corrected chi connectivity index (χ0v) is 13.0. The lowest BCUT2D eigenvalue weighted by atomic mass is 9.86. The van der Waals surface area contributed by atoms with E-state index in [0.29, 0.717) is 12.5 Å². The fourth-order valence-electron chi connectivity index (χ4n) is 2.26. The molecule has 1 aliphatic rings. The van der Waals surface area contributed by atoms with Crippen molar-refractivity contribution in [1.82, 2.24) is 0 Å². The first-order chi connectivity index (χ1) is 8.01. The maximum Gasteiger partial charge on any atom is 0.120 e. The quantitative estimate of drug-likeness (QED) is 0.492. The molecule has 2 unspecified atom stereocenters. The molecule has 1 heterocycles. The largest absolute Gasteiger partial charge is 0.616 e. The van der Waals surface area contributed by atoms with Crippen molar-refractivity contribution in [2.24, 2.45) is 11.7 Å². The van der Waals surface area contributed by atoms with E-state index in [0.717, 1.165) is 23.9 Å². The molecule has 0 amide bonds. The fourth-order valence-corrected chi connectivity index (χ4v) is 4.07. The summed E-state index contributed by atoms with van der Waals surface area (Å²) in [5.41, 5.74) is 6.83. The Kier molecular flexibility index (Phi) is 6.27. The number of halogens is 1. The van der Waals surface area contributed by atoms with Gasteiger partial charge in [0.05, 0.1) is 0 Å². The lowest BCUT2D eigenvalue weighted by Crippen LogP contribution is -2.41. The molecule has 2 nitrogen and oxygen atoms in total. The highest BCUT2D eigenvalue weighted by Crippen LogP contribution is 2.37. The Morgan fingerprint density at radius 1 is 1.59 bits per heavy atom. The van der Waals surface area contributed by atoms with E-state index in [1.165, 1.54) is 5.57 Å². The molecule has 0 aromatic rings. The van der Waals surface area contributed by atoms with Crippen molar-refractivity contribution in [3.63, 3.8) is 0 Å². The van der Waals surface area contributed by atoms with Gasteiger partial charge in [-0.2, -0.15) is 0 Å². The number of allylic oxidation sites excluding steroid dienone is 3. The SMILES string of the molecule is CC1(C)CC(C(/C=C\CN)=C/CBr)CC[S+]1[O-]. The van der Waals surface area contributed by atoms with Gasteiger partial charge in [-0.05, 0) is 42.9 Å². The minimum Gasteiger partial charge on any atom is -0.616 e. The summed E-state index contributed by atoms with van der Waals surface area (Å²) in [6.45, 7) is 4.78. The van der Waals surface area contributed by atoms with Gasteiger partial charge in [-0.25, -0.2) is 0 Å². The highest BCUT2D eigenvalue weighted by Gasteiger charge is 2.39. The Balaban J connectivity index is 2.76. The van der Waals surface area contributed by atoms with Crippen LogP contribution >= 0.6 is 15.9 Å². The van der Waals surface area contributed by atoms with Gasteiger partial charge in [-0.15, -0.1) is 0 Å². The van der Waals surface area contributed by atoms with E-state index in [4.69, 9.17) is 5.73 Å². The summed E-state index contributed by atoms with van der Waals surface area (Å²) in [6.07, 6.45) is 8.32. The Morgan fingerprint density at radius 2 is 2.29 bits per heavy atom. The summed E-state index contributed by atoms with van der Waals surface area (Å²) in [7, 11) is 0. The van der Waals surface area contributed by atoms with E-state index < -0.39 is 11.2 Å². The second-order valence-corrected chi connectivity index (χ2v) is 7.85. The van der Waals surface area contributed by atoms with Crippen LogP contribution in [-0.4, -0.2) is 26.9 Å². The highest BCUT2D eigenvalue weighted by atomic mass is 79.9. The van der Waals surface area contributed by atoms with Crippen LogP contribution in [-0.2, 0) is 11.2 Å². The smallest absolute Gasteiger partial charge is 0.120 e. The van der Waals surface area contributed by atoms with Crippen molar-refractivity contribution >= 4 is 27.1 Å². The molecule has 17 heavy (non-hydrogen) atoms. The van der Waals surface area contributed by atoms with Gasteiger partial charge >= 0.3 is 0 Å². The summed E-state index contributed by atoms with van der Waals surface area (Å²) in [5.74, 6) is 1.33. The van der Waals surface area contributed by atoms with E-state index >= 15 is 0 Å². The van der Waals surface area contributed by atoms with Gasteiger partial charge in [-0.3, -0.25) is 0 Å². The lowest BCUT2D eigenvalue weighted by Gasteiger charge is -2.37. The Hall–Kier alpha value is 0.230. The molecule has 1 aliphatic heterocycles. The van der Waals surface area contributed by atoms with Gasteiger partial charge in [0.15, 0.2) is 0 Å². The van der Waals surface area contributed by atoms with Crippen LogP contribution in [0.4, 0.5) is 0 Å². The third kappa shape index (κ3) is 4.43. The summed E-state index contributed by atoms with van der Waals surface area (Å²) in [6, 6.07) is 0. The van der Waals surface area contributed by atoms with Crippen LogP contribution in [0.5, 0.6) is 0 Å². The minimum absolute atomic E-state index is 0.0646. The topological polar surface area (TPSA) is 49.1 Å². The molecule has 0 aromatic heterocycles. The molecular formula is C13H22BrNOS. The van der Waals surface area contributed by atoms with Crippen molar-refractivity contribution in [3.8, 4) is 0 Å².